The van der Waals surface area contributed by atoms with Crippen molar-refractivity contribution < 1.29 is 9.90 Å². The normalized spacial score (nSPS) is 17.4. The zero-order valence-corrected chi connectivity index (χ0v) is 16.6. The third-order valence-electron chi connectivity index (χ3n) is 4.70. The molecule has 2 aromatic rings. The molecule has 2 aromatic carbocycles. The number of likely N-dealkylation sites (tertiary alicyclic amines) is 1. The molecule has 1 N–H and O–H groups in total. The lowest BCUT2D eigenvalue weighted by atomic mass is 9.91. The molecule has 0 radical (unpaired) electrons. The topological polar surface area (TPSA) is 40.5 Å². The Morgan fingerprint density at radius 3 is 2.40 bits per heavy atom. The molecule has 0 spiro atoms. The van der Waals surface area contributed by atoms with E-state index in [9.17, 15) is 9.90 Å². The van der Waals surface area contributed by atoms with Crippen LogP contribution in [-0.4, -0.2) is 29.1 Å². The molecule has 3 rings (SSSR count). The number of piperidine rings is 1. The largest absolute Gasteiger partial charge is 0.481 e. The molecule has 25 heavy (non-hydrogen) atoms. The van der Waals surface area contributed by atoms with Crippen molar-refractivity contribution in [1.82, 2.24) is 4.90 Å². The van der Waals surface area contributed by atoms with Gasteiger partial charge in [-0.1, -0.05) is 63.4 Å². The molecule has 0 aliphatic carbocycles. The van der Waals surface area contributed by atoms with Gasteiger partial charge in [0, 0.05) is 4.47 Å². The summed E-state index contributed by atoms with van der Waals surface area (Å²) in [5, 5.41) is 10.3. The fourth-order valence-electron chi connectivity index (χ4n) is 3.37. The van der Waals surface area contributed by atoms with Crippen LogP contribution < -0.4 is 0 Å². The number of rotatable bonds is 4. The van der Waals surface area contributed by atoms with Crippen molar-refractivity contribution in [1.29, 1.82) is 0 Å². The summed E-state index contributed by atoms with van der Waals surface area (Å²) < 4.78 is 1.02. The molecule has 1 saturated heterocycles. The summed E-state index contributed by atoms with van der Waals surface area (Å²) in [4.78, 5) is 13.6. The van der Waals surface area contributed by atoms with Crippen molar-refractivity contribution in [3.8, 4) is 0 Å². The fraction of sp³-hybridized carbons (Fsp3) is 0.316. The predicted molar refractivity (Wildman–Crippen MR) is 104 cm³/mol. The average molecular weight is 443 g/mol. The van der Waals surface area contributed by atoms with Gasteiger partial charge in [-0.2, -0.15) is 0 Å². The van der Waals surface area contributed by atoms with Gasteiger partial charge in [0.15, 0.2) is 0 Å². The first kappa shape index (κ1) is 18.7. The van der Waals surface area contributed by atoms with Gasteiger partial charge in [0.05, 0.1) is 22.0 Å². The van der Waals surface area contributed by atoms with Crippen LogP contribution in [0.4, 0.5) is 0 Å². The maximum atomic E-state index is 11.2. The minimum atomic E-state index is -0.702. The molecule has 6 heteroatoms. The number of halogens is 3. The Morgan fingerprint density at radius 1 is 1.12 bits per heavy atom. The van der Waals surface area contributed by atoms with Crippen molar-refractivity contribution in [2.24, 2.45) is 5.92 Å². The van der Waals surface area contributed by atoms with Crippen molar-refractivity contribution in [2.45, 2.75) is 18.9 Å². The minimum Gasteiger partial charge on any atom is -0.481 e. The first-order chi connectivity index (χ1) is 12.0. The number of benzene rings is 2. The van der Waals surface area contributed by atoms with Crippen molar-refractivity contribution in [3.63, 3.8) is 0 Å². The third-order valence-corrected chi connectivity index (χ3v) is 6.16. The van der Waals surface area contributed by atoms with Gasteiger partial charge in [-0.15, -0.1) is 0 Å². The van der Waals surface area contributed by atoms with Crippen LogP contribution >= 0.6 is 39.1 Å². The van der Waals surface area contributed by atoms with E-state index in [1.54, 1.807) is 0 Å². The van der Waals surface area contributed by atoms with Gasteiger partial charge in [-0.05, 0) is 55.3 Å². The molecule has 132 valence electrons. The Labute approximate surface area is 165 Å². The fourth-order valence-corrected chi connectivity index (χ4v) is 4.18. The van der Waals surface area contributed by atoms with Gasteiger partial charge in [0.2, 0.25) is 0 Å². The SMILES string of the molecule is O=C(O)C1CCN(C(c2ccc(Cl)c(Cl)c2)c2ccccc2Br)CC1. The third kappa shape index (κ3) is 4.20. The molecule has 3 nitrogen and oxygen atoms in total. The Bertz CT molecular complexity index is 776. The zero-order valence-electron chi connectivity index (χ0n) is 13.5. The van der Waals surface area contributed by atoms with Crippen LogP contribution in [0.5, 0.6) is 0 Å². The number of carboxylic acids is 1. The lowest BCUT2D eigenvalue weighted by Gasteiger charge is -2.37. The minimum absolute atomic E-state index is 0.0000802. The molecule has 0 bridgehead atoms. The van der Waals surface area contributed by atoms with Crippen LogP contribution in [0.1, 0.15) is 30.0 Å². The summed E-state index contributed by atoms with van der Waals surface area (Å²) in [6.07, 6.45) is 1.30. The first-order valence-electron chi connectivity index (χ1n) is 8.13. The van der Waals surface area contributed by atoms with Gasteiger partial charge in [-0.25, -0.2) is 0 Å². The number of aliphatic carboxylic acids is 1. The van der Waals surface area contributed by atoms with E-state index in [1.807, 2.05) is 36.4 Å². The maximum absolute atomic E-state index is 11.2. The van der Waals surface area contributed by atoms with E-state index >= 15 is 0 Å². The van der Waals surface area contributed by atoms with Crippen molar-refractivity contribution in [2.75, 3.05) is 13.1 Å². The van der Waals surface area contributed by atoms with E-state index in [0.717, 1.165) is 28.7 Å². The standard InChI is InChI=1S/C19H18BrCl2NO2/c20-15-4-2-1-3-14(15)18(13-5-6-16(21)17(22)11-13)23-9-7-12(8-10-23)19(24)25/h1-6,11-12,18H,7-10H2,(H,24,25). The molecule has 0 aromatic heterocycles. The lowest BCUT2D eigenvalue weighted by molar-refractivity contribution is -0.143. The predicted octanol–water partition coefficient (Wildman–Crippen LogP) is 5.64. The molecule has 1 fully saturated rings. The highest BCUT2D eigenvalue weighted by atomic mass is 79.9. The highest BCUT2D eigenvalue weighted by Crippen LogP contribution is 2.37. The summed E-state index contributed by atoms with van der Waals surface area (Å²) in [7, 11) is 0. The molecule has 1 heterocycles. The second-order valence-electron chi connectivity index (χ2n) is 6.25. The van der Waals surface area contributed by atoms with Crippen LogP contribution in [-0.2, 0) is 4.79 Å². The van der Waals surface area contributed by atoms with Crippen LogP contribution in [0, 0.1) is 5.92 Å². The number of nitrogens with zero attached hydrogens (tertiary/aromatic N) is 1. The summed E-state index contributed by atoms with van der Waals surface area (Å²) in [5.41, 5.74) is 2.18. The second-order valence-corrected chi connectivity index (χ2v) is 7.91. The summed E-state index contributed by atoms with van der Waals surface area (Å²) in [5.74, 6) is -0.962. The van der Waals surface area contributed by atoms with Crippen LogP contribution in [0.3, 0.4) is 0 Å². The van der Waals surface area contributed by atoms with Crippen molar-refractivity contribution in [3.05, 3.63) is 68.1 Å². The Hall–Kier alpha value is -1.07. The number of hydrogen-bond donors (Lipinski definition) is 1. The monoisotopic (exact) mass is 441 g/mol. The van der Waals surface area contributed by atoms with Gasteiger partial charge in [-0.3, -0.25) is 9.69 Å². The van der Waals surface area contributed by atoms with E-state index in [0.29, 0.717) is 22.9 Å². The van der Waals surface area contributed by atoms with E-state index in [4.69, 9.17) is 23.2 Å². The summed E-state index contributed by atoms with van der Waals surface area (Å²) >= 11 is 16.0. The Kier molecular flexibility index (Phi) is 6.05. The van der Waals surface area contributed by atoms with Crippen LogP contribution in [0.15, 0.2) is 46.9 Å². The number of carbonyl (C=O) groups is 1. The molecular formula is C19H18BrCl2NO2. The number of hydrogen-bond acceptors (Lipinski definition) is 2. The quantitative estimate of drug-likeness (QED) is 0.665. The Balaban J connectivity index is 1.97. The average Bonchev–Trinajstić information content (AvgIpc) is 2.60. The number of carboxylic acid groups (broad SMARTS) is 1. The van der Waals surface area contributed by atoms with E-state index in [2.05, 4.69) is 26.9 Å². The first-order valence-corrected chi connectivity index (χ1v) is 9.68. The van der Waals surface area contributed by atoms with E-state index in [-0.39, 0.29) is 12.0 Å². The van der Waals surface area contributed by atoms with Crippen LogP contribution in [0.2, 0.25) is 10.0 Å². The molecule has 1 unspecified atom stereocenters. The molecule has 1 atom stereocenters. The molecule has 0 saturated carbocycles. The zero-order chi connectivity index (χ0) is 18.0. The summed E-state index contributed by atoms with van der Waals surface area (Å²) in [6.45, 7) is 1.45. The molecule has 1 aliphatic rings. The highest BCUT2D eigenvalue weighted by molar-refractivity contribution is 9.10. The second kappa shape index (κ2) is 8.09. The van der Waals surface area contributed by atoms with Gasteiger partial charge in [0.25, 0.3) is 0 Å². The van der Waals surface area contributed by atoms with Crippen LogP contribution in [0.25, 0.3) is 0 Å². The summed E-state index contributed by atoms with van der Waals surface area (Å²) in [6, 6.07) is 13.8. The Morgan fingerprint density at radius 2 is 1.80 bits per heavy atom. The molecular weight excluding hydrogens is 425 g/mol. The molecule has 1 aliphatic heterocycles. The van der Waals surface area contributed by atoms with Crippen molar-refractivity contribution >= 4 is 45.1 Å². The van der Waals surface area contributed by atoms with E-state index < -0.39 is 5.97 Å². The van der Waals surface area contributed by atoms with Gasteiger partial charge < -0.3 is 5.11 Å². The van der Waals surface area contributed by atoms with E-state index in [1.165, 1.54) is 0 Å². The smallest absolute Gasteiger partial charge is 0.306 e. The maximum Gasteiger partial charge on any atom is 0.306 e. The lowest BCUT2D eigenvalue weighted by Crippen LogP contribution is -2.39. The highest BCUT2D eigenvalue weighted by Gasteiger charge is 2.31. The van der Waals surface area contributed by atoms with Gasteiger partial charge >= 0.3 is 5.97 Å². The van der Waals surface area contributed by atoms with Gasteiger partial charge in [0.1, 0.15) is 0 Å². The molecule has 0 amide bonds.